The minimum absolute atomic E-state index is 0.0255. The Morgan fingerprint density at radius 2 is 2.07 bits per heavy atom. The summed E-state index contributed by atoms with van der Waals surface area (Å²) in [5.74, 6) is -0.117. The van der Waals surface area contributed by atoms with E-state index in [1.54, 1.807) is 6.07 Å². The van der Waals surface area contributed by atoms with E-state index in [0.717, 1.165) is 0 Å². The smallest absolute Gasteiger partial charge is 0.287 e. The fraction of sp³-hybridized carbons (Fsp3) is 0.611. The summed E-state index contributed by atoms with van der Waals surface area (Å²) >= 11 is 0. The van der Waals surface area contributed by atoms with E-state index >= 15 is 0 Å². The standard InChI is InChI=1S/C18H26N4O6S/c19-7-11-27-12-8-20-16(23)4-2-14-1-3-15-17(22-14)28-18(5-9-26-10-6-18)13-21-29(15,24)25/h1,3,13H,2,4-12,19H2,(H,20,23). The number of hydrogen-bond acceptors (Lipinski definition) is 8. The molecule has 0 bridgehead atoms. The predicted octanol–water partition coefficient (Wildman–Crippen LogP) is -0.193. The molecule has 0 saturated carbocycles. The van der Waals surface area contributed by atoms with Crippen molar-refractivity contribution < 1.29 is 27.4 Å². The van der Waals surface area contributed by atoms with Gasteiger partial charge in [-0.15, -0.1) is 0 Å². The van der Waals surface area contributed by atoms with Crippen molar-refractivity contribution >= 4 is 22.1 Å². The molecule has 11 heteroatoms. The van der Waals surface area contributed by atoms with E-state index in [1.807, 2.05) is 0 Å². The van der Waals surface area contributed by atoms with Crippen LogP contribution in [0.2, 0.25) is 0 Å². The van der Waals surface area contributed by atoms with Crippen molar-refractivity contribution in [1.29, 1.82) is 0 Å². The van der Waals surface area contributed by atoms with E-state index in [1.165, 1.54) is 12.3 Å². The van der Waals surface area contributed by atoms with Crippen LogP contribution in [0.3, 0.4) is 0 Å². The van der Waals surface area contributed by atoms with Gasteiger partial charge in [-0.3, -0.25) is 4.79 Å². The lowest BCUT2D eigenvalue weighted by Crippen LogP contribution is -2.43. The molecule has 0 unspecified atom stereocenters. The van der Waals surface area contributed by atoms with Crippen molar-refractivity contribution in [3.8, 4) is 5.88 Å². The Morgan fingerprint density at radius 1 is 1.28 bits per heavy atom. The number of aromatic nitrogens is 1. The number of nitrogens with one attached hydrogen (secondary N) is 1. The SMILES string of the molecule is NCCOCCNC(=O)CCc1ccc2c(n1)OC1(C=NS2(=O)=O)CCOCC1. The number of carbonyl (C=O) groups excluding carboxylic acids is 1. The summed E-state index contributed by atoms with van der Waals surface area (Å²) in [7, 11) is -3.88. The number of carbonyl (C=O) groups is 1. The van der Waals surface area contributed by atoms with Crippen LogP contribution in [0.1, 0.15) is 25.0 Å². The average molecular weight is 426 g/mol. The highest BCUT2D eigenvalue weighted by molar-refractivity contribution is 7.90. The Hall–Kier alpha value is -2.08. The summed E-state index contributed by atoms with van der Waals surface area (Å²) in [4.78, 5) is 16.3. The fourth-order valence-corrected chi connectivity index (χ4v) is 4.03. The second kappa shape index (κ2) is 9.61. The number of nitrogens with zero attached hydrogens (tertiary/aromatic N) is 2. The molecule has 3 heterocycles. The molecule has 1 fully saturated rings. The minimum atomic E-state index is -3.88. The zero-order valence-electron chi connectivity index (χ0n) is 16.1. The Bertz CT molecular complexity index is 852. The van der Waals surface area contributed by atoms with Gasteiger partial charge in [0.2, 0.25) is 11.8 Å². The maximum atomic E-state index is 12.5. The summed E-state index contributed by atoms with van der Waals surface area (Å²) in [6.07, 6.45) is 2.90. The third-order valence-electron chi connectivity index (χ3n) is 4.67. The highest BCUT2D eigenvalue weighted by Gasteiger charge is 2.39. The highest BCUT2D eigenvalue weighted by atomic mass is 32.2. The Labute approximate surface area is 169 Å². The molecular formula is C18H26N4O6S. The zero-order chi connectivity index (χ0) is 20.7. The van der Waals surface area contributed by atoms with Gasteiger partial charge in [-0.25, -0.2) is 4.98 Å². The third-order valence-corrected chi connectivity index (χ3v) is 5.92. The first kappa shape index (κ1) is 21.6. The van der Waals surface area contributed by atoms with E-state index < -0.39 is 15.6 Å². The van der Waals surface area contributed by atoms with Crippen LogP contribution in [-0.2, 0) is 30.7 Å². The number of sulfonamides is 1. The molecule has 2 aliphatic heterocycles. The van der Waals surface area contributed by atoms with Crippen molar-refractivity contribution in [2.75, 3.05) is 39.5 Å². The van der Waals surface area contributed by atoms with Gasteiger partial charge in [0.15, 0.2) is 10.5 Å². The molecule has 1 aromatic rings. The highest BCUT2D eigenvalue weighted by Crippen LogP contribution is 2.34. The number of ether oxygens (including phenoxy) is 3. The lowest BCUT2D eigenvalue weighted by Gasteiger charge is -2.32. The number of aryl methyl sites for hydroxylation is 1. The monoisotopic (exact) mass is 426 g/mol. The van der Waals surface area contributed by atoms with Crippen molar-refractivity contribution in [1.82, 2.24) is 10.3 Å². The molecular weight excluding hydrogens is 400 g/mol. The Morgan fingerprint density at radius 3 is 2.83 bits per heavy atom. The van der Waals surface area contributed by atoms with Gasteiger partial charge in [0, 0.05) is 38.0 Å². The number of pyridine rings is 1. The van der Waals surface area contributed by atoms with E-state index in [2.05, 4.69) is 14.7 Å². The van der Waals surface area contributed by atoms with Crippen LogP contribution in [-0.4, -0.2) is 70.6 Å². The van der Waals surface area contributed by atoms with Crippen molar-refractivity contribution in [3.63, 3.8) is 0 Å². The lowest BCUT2D eigenvalue weighted by molar-refractivity contribution is -0.121. The molecule has 29 heavy (non-hydrogen) atoms. The van der Waals surface area contributed by atoms with E-state index in [-0.39, 0.29) is 23.1 Å². The van der Waals surface area contributed by atoms with Crippen LogP contribution in [0.5, 0.6) is 5.88 Å². The van der Waals surface area contributed by atoms with Crippen LogP contribution >= 0.6 is 0 Å². The number of fused-ring (bicyclic) bond motifs is 1. The Kier molecular flexibility index (Phi) is 7.17. The van der Waals surface area contributed by atoms with Gasteiger partial charge in [-0.05, 0) is 18.6 Å². The van der Waals surface area contributed by atoms with Gasteiger partial charge in [0.1, 0.15) is 0 Å². The average Bonchev–Trinajstić information content (AvgIpc) is 2.81. The summed E-state index contributed by atoms with van der Waals surface area (Å²) < 4.78 is 45.3. The van der Waals surface area contributed by atoms with Crippen LogP contribution < -0.4 is 15.8 Å². The topological polar surface area (TPSA) is 142 Å². The largest absolute Gasteiger partial charge is 0.464 e. The molecule has 3 N–H and O–H groups in total. The predicted molar refractivity (Wildman–Crippen MR) is 105 cm³/mol. The normalized spacial score (nSPS) is 19.2. The van der Waals surface area contributed by atoms with Crippen molar-refractivity contribution in [2.45, 2.75) is 36.2 Å². The quantitative estimate of drug-likeness (QED) is 0.545. The first-order valence-corrected chi connectivity index (χ1v) is 11.0. The molecule has 1 spiro atoms. The second-order valence-electron chi connectivity index (χ2n) is 6.85. The number of amides is 1. The lowest BCUT2D eigenvalue weighted by atomic mass is 9.95. The summed E-state index contributed by atoms with van der Waals surface area (Å²) in [5.41, 5.74) is 5.05. The van der Waals surface area contributed by atoms with E-state index in [0.29, 0.717) is 64.5 Å². The van der Waals surface area contributed by atoms with Crippen LogP contribution in [0.25, 0.3) is 0 Å². The molecule has 0 aliphatic carbocycles. The van der Waals surface area contributed by atoms with Crippen LogP contribution in [0.15, 0.2) is 21.4 Å². The first-order chi connectivity index (χ1) is 13.9. The molecule has 3 rings (SSSR count). The number of nitrogens with two attached hydrogens (primary N) is 1. The van der Waals surface area contributed by atoms with Crippen LogP contribution in [0, 0.1) is 0 Å². The molecule has 0 radical (unpaired) electrons. The minimum Gasteiger partial charge on any atom is -0.464 e. The van der Waals surface area contributed by atoms with Crippen molar-refractivity contribution in [3.05, 3.63) is 17.8 Å². The summed E-state index contributed by atoms with van der Waals surface area (Å²) in [6.45, 7) is 2.61. The maximum Gasteiger partial charge on any atom is 0.287 e. The van der Waals surface area contributed by atoms with Gasteiger partial charge in [-0.2, -0.15) is 12.8 Å². The molecule has 1 amide bonds. The molecule has 10 nitrogen and oxygen atoms in total. The molecule has 0 atom stereocenters. The number of hydrogen-bond donors (Lipinski definition) is 2. The Balaban J connectivity index is 1.65. The fourth-order valence-electron chi connectivity index (χ4n) is 3.04. The molecule has 1 aromatic heterocycles. The van der Waals surface area contributed by atoms with E-state index in [9.17, 15) is 13.2 Å². The second-order valence-corrected chi connectivity index (χ2v) is 8.45. The molecule has 2 aliphatic rings. The summed E-state index contributed by atoms with van der Waals surface area (Å²) in [5, 5.41) is 2.75. The van der Waals surface area contributed by atoms with Crippen LogP contribution in [0.4, 0.5) is 0 Å². The van der Waals surface area contributed by atoms with Gasteiger partial charge in [0.25, 0.3) is 10.0 Å². The van der Waals surface area contributed by atoms with Crippen molar-refractivity contribution in [2.24, 2.45) is 10.1 Å². The van der Waals surface area contributed by atoms with Gasteiger partial charge < -0.3 is 25.3 Å². The zero-order valence-corrected chi connectivity index (χ0v) is 16.9. The number of rotatable bonds is 8. The van der Waals surface area contributed by atoms with Gasteiger partial charge in [0.05, 0.1) is 32.6 Å². The molecule has 160 valence electrons. The third kappa shape index (κ3) is 5.72. The maximum absolute atomic E-state index is 12.5. The molecule has 1 saturated heterocycles. The summed E-state index contributed by atoms with van der Waals surface area (Å²) in [6, 6.07) is 3.01. The van der Waals surface area contributed by atoms with E-state index in [4.69, 9.17) is 19.9 Å². The van der Waals surface area contributed by atoms with Gasteiger partial charge in [-0.1, -0.05) is 0 Å². The molecule has 0 aromatic carbocycles. The first-order valence-electron chi connectivity index (χ1n) is 9.57. The van der Waals surface area contributed by atoms with Gasteiger partial charge >= 0.3 is 0 Å².